The highest BCUT2D eigenvalue weighted by Gasteiger charge is 2.30. The molecule has 5 rings (SSSR count). The lowest BCUT2D eigenvalue weighted by Gasteiger charge is -2.26. The van der Waals surface area contributed by atoms with Crippen molar-refractivity contribution in [1.29, 1.82) is 0 Å². The fourth-order valence-electron chi connectivity index (χ4n) is 4.01. The van der Waals surface area contributed by atoms with Crippen molar-refractivity contribution in [3.8, 4) is 0 Å². The van der Waals surface area contributed by atoms with Gasteiger partial charge in [0, 0.05) is 30.7 Å². The fourth-order valence-corrected chi connectivity index (χ4v) is 4.01. The molecule has 1 fully saturated rings. The van der Waals surface area contributed by atoms with Gasteiger partial charge in [-0.15, -0.1) is 0 Å². The monoisotopic (exact) mass is 496 g/mol. The van der Waals surface area contributed by atoms with E-state index in [2.05, 4.69) is 15.4 Å². The Morgan fingerprint density at radius 2 is 2.06 bits per heavy atom. The number of anilines is 2. The number of carbonyl (C=O) groups is 1. The van der Waals surface area contributed by atoms with Crippen LogP contribution in [0.3, 0.4) is 0 Å². The summed E-state index contributed by atoms with van der Waals surface area (Å²) in [6.45, 7) is 4.70. The van der Waals surface area contributed by atoms with Crippen molar-refractivity contribution < 1.29 is 13.6 Å². The molecule has 0 aliphatic carbocycles. The molecule has 36 heavy (non-hydrogen) atoms. The molecule has 3 aromatic rings. The number of hydrogen-bond acceptors (Lipinski definition) is 7. The maximum Gasteiger partial charge on any atom is 0.237 e. The molecule has 1 saturated heterocycles. The van der Waals surface area contributed by atoms with E-state index in [1.54, 1.807) is 37.8 Å². The Kier molecular flexibility index (Phi) is 7.30. The first-order valence-electron chi connectivity index (χ1n) is 11.7. The highest BCUT2D eigenvalue weighted by Crippen LogP contribution is 2.37. The lowest BCUT2D eigenvalue weighted by Crippen LogP contribution is -2.48. The zero-order chi connectivity index (χ0) is 25.9. The third kappa shape index (κ3) is 5.20. The van der Waals surface area contributed by atoms with Gasteiger partial charge in [0.2, 0.25) is 5.91 Å². The molecule has 1 atom stereocenters. The largest absolute Gasteiger partial charge is 0.368 e. The molecule has 9 nitrogen and oxygen atoms in total. The van der Waals surface area contributed by atoms with Crippen LogP contribution in [0, 0.1) is 11.6 Å². The average molecular weight is 497 g/mol. The molecule has 1 aromatic carbocycles. The molecule has 2 aliphatic heterocycles. The molecule has 0 saturated carbocycles. The van der Waals surface area contributed by atoms with Gasteiger partial charge in [0.25, 0.3) is 0 Å². The van der Waals surface area contributed by atoms with Crippen LogP contribution in [0.5, 0.6) is 0 Å². The molecule has 0 bridgehead atoms. The van der Waals surface area contributed by atoms with Crippen LogP contribution >= 0.6 is 0 Å². The van der Waals surface area contributed by atoms with Gasteiger partial charge < -0.3 is 20.9 Å². The summed E-state index contributed by atoms with van der Waals surface area (Å²) in [6.07, 6.45) is 10.8. The van der Waals surface area contributed by atoms with Gasteiger partial charge in [-0.2, -0.15) is 5.10 Å². The maximum atomic E-state index is 14.4. The van der Waals surface area contributed by atoms with Gasteiger partial charge in [-0.1, -0.05) is 0 Å². The second-order valence-electron chi connectivity index (χ2n) is 9.12. The number of primary amides is 1. The van der Waals surface area contributed by atoms with E-state index in [1.807, 2.05) is 34.3 Å². The van der Waals surface area contributed by atoms with Crippen LogP contribution in [0.25, 0.3) is 5.65 Å². The van der Waals surface area contributed by atoms with Crippen molar-refractivity contribution in [3.63, 3.8) is 0 Å². The molecule has 190 valence electrons. The van der Waals surface area contributed by atoms with Crippen LogP contribution < -0.4 is 20.9 Å². The normalized spacial score (nSPS) is 17.4. The Bertz CT molecular complexity index is 1300. The predicted molar refractivity (Wildman–Crippen MR) is 136 cm³/mol. The van der Waals surface area contributed by atoms with E-state index >= 15 is 0 Å². The van der Waals surface area contributed by atoms with Crippen LogP contribution in [0.1, 0.15) is 38.3 Å². The van der Waals surface area contributed by atoms with Crippen molar-refractivity contribution in [1.82, 2.24) is 19.9 Å². The van der Waals surface area contributed by atoms with Gasteiger partial charge in [0.1, 0.15) is 29.8 Å². The highest BCUT2D eigenvalue weighted by atomic mass is 19.1. The number of aliphatic imine (C=N–C) groups is 1. The first kappa shape index (κ1) is 25.2. The summed E-state index contributed by atoms with van der Waals surface area (Å²) in [4.78, 5) is 23.5. The molecular weight excluding hydrogens is 466 g/mol. The van der Waals surface area contributed by atoms with Gasteiger partial charge in [-0.05, 0) is 64.1 Å². The van der Waals surface area contributed by atoms with E-state index in [0.717, 1.165) is 37.0 Å². The number of halogens is 2. The van der Waals surface area contributed by atoms with Gasteiger partial charge in [-0.3, -0.25) is 9.79 Å². The molecule has 11 heteroatoms. The van der Waals surface area contributed by atoms with E-state index in [-0.39, 0.29) is 17.8 Å². The van der Waals surface area contributed by atoms with E-state index in [0.29, 0.717) is 17.9 Å². The Morgan fingerprint density at radius 3 is 2.72 bits per heavy atom. The zero-order valence-electron chi connectivity index (χ0n) is 20.5. The topological polar surface area (TPSA) is 104 Å². The number of nitrogens with zero attached hydrogens (tertiary/aromatic N) is 6. The summed E-state index contributed by atoms with van der Waals surface area (Å²) in [5, 5.41) is 7.13. The molecular formula is C25H30F2N8O. The summed E-state index contributed by atoms with van der Waals surface area (Å²) in [5.74, 6) is -0.423. The Hall–Kier alpha value is -3.86. The molecule has 3 N–H and O–H groups in total. The SMILES string of the molecule is CNC(C)(C)C(N)=O.Fc1ccc(F)c([C@H]2CCCN2c2ccn3ncc(N4C=CC=NC4)c3n2)c1. The van der Waals surface area contributed by atoms with E-state index < -0.39 is 11.4 Å². The third-order valence-electron chi connectivity index (χ3n) is 6.44. The van der Waals surface area contributed by atoms with Crippen molar-refractivity contribution in [2.24, 2.45) is 10.7 Å². The Balaban J connectivity index is 0.000000331. The van der Waals surface area contributed by atoms with E-state index in [1.165, 1.54) is 12.1 Å². The van der Waals surface area contributed by atoms with Crippen molar-refractivity contribution in [2.45, 2.75) is 38.3 Å². The number of carbonyl (C=O) groups excluding carboxylic acids is 1. The first-order valence-corrected chi connectivity index (χ1v) is 11.7. The zero-order valence-corrected chi connectivity index (χ0v) is 20.5. The number of hydrogen-bond donors (Lipinski definition) is 2. The molecule has 4 heterocycles. The number of likely N-dealkylation sites (N-methyl/N-ethyl adjacent to an activating group) is 1. The standard InChI is InChI=1S/C20H18F2N6.C5H12N2O/c21-14-4-5-16(22)15(11-14)17-3-1-9-27(17)19-6-10-28-20(25-19)18(12-24-28)26-8-2-7-23-13-26;1-5(2,7-3)4(6)8/h2,4-8,10-12,17H,1,3,9,13H2;7H,1-3H3,(H2,6,8)/t17-;/m1./s1. The number of fused-ring (bicyclic) bond motifs is 1. The van der Waals surface area contributed by atoms with Crippen molar-refractivity contribution in [3.05, 3.63) is 66.1 Å². The summed E-state index contributed by atoms with van der Waals surface area (Å²) in [6, 6.07) is 5.25. The molecule has 0 radical (unpaired) electrons. The summed E-state index contributed by atoms with van der Waals surface area (Å²) in [5.41, 5.74) is 6.33. The Labute approximate surface area is 208 Å². The number of aromatic nitrogens is 3. The highest BCUT2D eigenvalue weighted by molar-refractivity contribution is 5.83. The second kappa shape index (κ2) is 10.4. The van der Waals surface area contributed by atoms with Crippen LogP contribution in [0.2, 0.25) is 0 Å². The summed E-state index contributed by atoms with van der Waals surface area (Å²) in [7, 11) is 1.70. The number of nitrogens with two attached hydrogens (primary N) is 1. The van der Waals surface area contributed by atoms with Crippen LogP contribution in [0.4, 0.5) is 20.3 Å². The first-order chi connectivity index (χ1) is 17.2. The van der Waals surface area contributed by atoms with Gasteiger partial charge in [0.15, 0.2) is 5.65 Å². The number of benzene rings is 1. The fraction of sp³-hybridized carbons (Fsp3) is 0.360. The molecule has 2 aliphatic rings. The quantitative estimate of drug-likeness (QED) is 0.562. The molecule has 0 spiro atoms. The summed E-state index contributed by atoms with van der Waals surface area (Å²) >= 11 is 0. The van der Waals surface area contributed by atoms with Crippen molar-refractivity contribution >= 4 is 29.3 Å². The third-order valence-corrected chi connectivity index (χ3v) is 6.44. The number of amides is 1. The smallest absolute Gasteiger partial charge is 0.237 e. The van der Waals surface area contributed by atoms with Crippen LogP contribution in [-0.4, -0.2) is 52.5 Å². The maximum absolute atomic E-state index is 14.4. The molecule has 1 amide bonds. The van der Waals surface area contributed by atoms with Crippen molar-refractivity contribution in [2.75, 3.05) is 30.1 Å². The minimum atomic E-state index is -0.569. The van der Waals surface area contributed by atoms with Crippen LogP contribution in [0.15, 0.2) is 53.9 Å². The van der Waals surface area contributed by atoms with Crippen LogP contribution in [-0.2, 0) is 4.79 Å². The van der Waals surface area contributed by atoms with E-state index in [9.17, 15) is 13.6 Å². The predicted octanol–water partition coefficient (Wildman–Crippen LogP) is 3.18. The molecule has 0 unspecified atom stereocenters. The van der Waals surface area contributed by atoms with Gasteiger partial charge in [-0.25, -0.2) is 18.3 Å². The Morgan fingerprint density at radius 1 is 1.25 bits per heavy atom. The lowest BCUT2D eigenvalue weighted by atomic mass is 10.0. The second-order valence-corrected chi connectivity index (χ2v) is 9.12. The minimum Gasteiger partial charge on any atom is -0.368 e. The number of allylic oxidation sites excluding steroid dienone is 1. The average Bonchev–Trinajstić information content (AvgIpc) is 3.53. The molecule has 2 aromatic heterocycles. The summed E-state index contributed by atoms with van der Waals surface area (Å²) < 4.78 is 29.8. The number of rotatable bonds is 5. The lowest BCUT2D eigenvalue weighted by molar-refractivity contribution is -0.122. The minimum absolute atomic E-state index is 0.239. The van der Waals surface area contributed by atoms with Gasteiger partial charge >= 0.3 is 0 Å². The van der Waals surface area contributed by atoms with E-state index in [4.69, 9.17) is 10.7 Å². The van der Waals surface area contributed by atoms with Gasteiger partial charge in [0.05, 0.1) is 17.8 Å². The number of nitrogens with one attached hydrogen (secondary N) is 1.